The van der Waals surface area contributed by atoms with Crippen LogP contribution >= 0.6 is 23.5 Å². The predicted octanol–water partition coefficient (Wildman–Crippen LogP) is -1.63. The number of nitrogens with zero attached hydrogens (tertiary/aromatic N) is 4. The van der Waals surface area contributed by atoms with Crippen LogP contribution in [0.4, 0.5) is 5.82 Å². The number of fused-ring (bicyclic) bond motifs is 1. The van der Waals surface area contributed by atoms with Crippen molar-refractivity contribution in [2.24, 2.45) is 0 Å². The minimum atomic E-state index is -5.70. The van der Waals surface area contributed by atoms with Crippen molar-refractivity contribution in [3.63, 3.8) is 0 Å². The van der Waals surface area contributed by atoms with Crippen molar-refractivity contribution < 1.29 is 61.4 Å². The SMILES string of the molecule is Nc1ncnc2c1ncn2[C@H]1OC(COP(=O)(O)OP(=O)(O)OP(=O)(O)O)C(O)[C@@H]1O. The van der Waals surface area contributed by atoms with Gasteiger partial charge in [0.15, 0.2) is 17.7 Å². The van der Waals surface area contributed by atoms with E-state index in [1.807, 2.05) is 0 Å². The minimum absolute atomic E-state index is 0.0426. The molecule has 0 aliphatic carbocycles. The molecule has 0 radical (unpaired) electrons. The summed E-state index contributed by atoms with van der Waals surface area (Å²) >= 11 is 0. The van der Waals surface area contributed by atoms with Crippen molar-refractivity contribution in [2.75, 3.05) is 12.3 Å². The number of aromatic nitrogens is 4. The second-order valence-electron chi connectivity index (χ2n) is 6.02. The highest BCUT2D eigenvalue weighted by Crippen LogP contribution is 2.66. The number of hydrogen-bond donors (Lipinski definition) is 7. The fraction of sp³-hybridized carbons (Fsp3) is 0.500. The minimum Gasteiger partial charge on any atom is -0.387 e. The Balaban J connectivity index is 1.69. The normalized spacial score (nSPS) is 28.5. The molecule has 18 nitrogen and oxygen atoms in total. The molecule has 3 heterocycles. The third-order valence-corrected chi connectivity index (χ3v) is 7.62. The summed E-state index contributed by atoms with van der Waals surface area (Å²) in [5, 5.41) is 20.4. The number of rotatable bonds is 8. The molecule has 8 N–H and O–H groups in total. The number of hydrogen-bond acceptors (Lipinski definition) is 13. The summed E-state index contributed by atoms with van der Waals surface area (Å²) in [5.41, 5.74) is 6.00. The number of ether oxygens (including phenoxy) is 1. The van der Waals surface area contributed by atoms with E-state index in [1.165, 1.54) is 10.9 Å². The van der Waals surface area contributed by atoms with Gasteiger partial charge in [-0.25, -0.2) is 28.6 Å². The van der Waals surface area contributed by atoms with Crippen LogP contribution < -0.4 is 5.73 Å². The zero-order valence-electron chi connectivity index (χ0n) is 14.9. The number of anilines is 1. The second kappa shape index (κ2) is 8.53. The van der Waals surface area contributed by atoms with Gasteiger partial charge in [-0.3, -0.25) is 9.09 Å². The van der Waals surface area contributed by atoms with Gasteiger partial charge in [-0.15, -0.1) is 0 Å². The summed E-state index contributed by atoms with van der Waals surface area (Å²) in [7, 11) is -16.7. The lowest BCUT2D eigenvalue weighted by Gasteiger charge is -2.19. The molecule has 1 aliphatic rings. The first-order chi connectivity index (χ1) is 14.2. The largest absolute Gasteiger partial charge is 0.490 e. The zero-order valence-corrected chi connectivity index (χ0v) is 17.6. The molecule has 2 aromatic rings. The highest BCUT2D eigenvalue weighted by molar-refractivity contribution is 7.66. The summed E-state index contributed by atoms with van der Waals surface area (Å²) in [6.07, 6.45) is -3.69. The first-order valence-corrected chi connectivity index (χ1v) is 12.4. The maximum absolute atomic E-state index is 11.8. The summed E-state index contributed by atoms with van der Waals surface area (Å²) in [4.78, 5) is 47.2. The van der Waals surface area contributed by atoms with Crippen LogP contribution in [0.15, 0.2) is 12.7 Å². The van der Waals surface area contributed by atoms with Gasteiger partial charge in [-0.05, 0) is 0 Å². The molecule has 1 saturated heterocycles. The van der Waals surface area contributed by atoms with Crippen LogP contribution in [0.2, 0.25) is 0 Å². The van der Waals surface area contributed by atoms with E-state index < -0.39 is 54.6 Å². The fourth-order valence-corrected chi connectivity index (χ4v) is 5.65. The van der Waals surface area contributed by atoms with Crippen molar-refractivity contribution in [3.05, 3.63) is 12.7 Å². The molecular weight excluding hydrogens is 491 g/mol. The lowest BCUT2D eigenvalue weighted by molar-refractivity contribution is -0.0503. The molecule has 21 heteroatoms. The van der Waals surface area contributed by atoms with E-state index in [0.29, 0.717) is 0 Å². The fourth-order valence-electron chi connectivity index (χ4n) is 2.62. The average molecular weight is 507 g/mol. The monoisotopic (exact) mass is 507 g/mol. The van der Waals surface area contributed by atoms with Crippen LogP contribution in [-0.4, -0.2) is 74.2 Å². The zero-order chi connectivity index (χ0) is 23.2. The van der Waals surface area contributed by atoms with Gasteiger partial charge in [-0.2, -0.15) is 8.62 Å². The molecular formula is C10H16N5O13P3. The number of nitrogen functional groups attached to an aromatic ring is 1. The number of aliphatic hydroxyl groups is 2. The van der Waals surface area contributed by atoms with E-state index in [1.54, 1.807) is 0 Å². The summed E-state index contributed by atoms with van der Waals surface area (Å²) < 4.78 is 51.9. The number of phosphoric ester groups is 1. The van der Waals surface area contributed by atoms with Gasteiger partial charge in [0, 0.05) is 0 Å². The maximum atomic E-state index is 11.8. The van der Waals surface area contributed by atoms with Crippen molar-refractivity contribution in [1.82, 2.24) is 19.5 Å². The molecule has 1 aliphatic heterocycles. The highest BCUT2D eigenvalue weighted by Gasteiger charge is 2.47. The number of phosphoric acid groups is 3. The van der Waals surface area contributed by atoms with E-state index in [9.17, 15) is 28.8 Å². The first-order valence-electron chi connectivity index (χ1n) is 7.92. The van der Waals surface area contributed by atoms with E-state index >= 15 is 0 Å². The molecule has 6 atom stereocenters. The molecule has 1 fully saturated rings. The molecule has 0 bridgehead atoms. The van der Waals surface area contributed by atoms with Gasteiger partial charge in [0.1, 0.15) is 30.2 Å². The topological polar surface area (TPSA) is 279 Å². The highest BCUT2D eigenvalue weighted by atomic mass is 31.3. The van der Waals surface area contributed by atoms with Crippen molar-refractivity contribution in [2.45, 2.75) is 24.5 Å². The standard InChI is InChI=1S/C10H16N5O13P3/c11-8-5-9(13-2-12-8)15(3-14-5)10-7(17)6(16)4(26-10)1-25-30(21,22)28-31(23,24)27-29(18,19)20/h2-4,6-7,10,16-17H,1H2,(H,21,22)(H,23,24)(H2,11,12,13)(H2,18,19,20)/t4?,6?,7-,10-/m0/s1. The van der Waals surface area contributed by atoms with Crippen molar-refractivity contribution in [3.8, 4) is 0 Å². The van der Waals surface area contributed by atoms with Crippen LogP contribution in [0.25, 0.3) is 11.2 Å². The molecule has 31 heavy (non-hydrogen) atoms. The van der Waals surface area contributed by atoms with Crippen LogP contribution in [0.1, 0.15) is 6.23 Å². The van der Waals surface area contributed by atoms with Gasteiger partial charge >= 0.3 is 23.5 Å². The Labute approximate surface area is 171 Å². The number of aliphatic hydroxyl groups excluding tert-OH is 2. The molecule has 174 valence electrons. The molecule has 0 saturated carbocycles. The van der Waals surface area contributed by atoms with Crippen LogP contribution in [0.3, 0.4) is 0 Å². The Morgan fingerprint density at radius 2 is 1.71 bits per heavy atom. The van der Waals surface area contributed by atoms with Gasteiger partial charge in [-0.1, -0.05) is 0 Å². The molecule has 0 amide bonds. The first kappa shape index (κ1) is 24.3. The lowest BCUT2D eigenvalue weighted by Crippen LogP contribution is -2.33. The van der Waals surface area contributed by atoms with Gasteiger partial charge in [0.2, 0.25) is 0 Å². The molecule has 0 aromatic carbocycles. The summed E-state index contributed by atoms with van der Waals surface area (Å²) in [6.45, 7) is -0.956. The molecule has 2 aromatic heterocycles. The Bertz CT molecular complexity index is 1100. The van der Waals surface area contributed by atoms with Crippen molar-refractivity contribution in [1.29, 1.82) is 0 Å². The quantitative estimate of drug-likeness (QED) is 0.197. The van der Waals surface area contributed by atoms with E-state index in [4.69, 9.17) is 25.2 Å². The van der Waals surface area contributed by atoms with Gasteiger partial charge < -0.3 is 40.3 Å². The Morgan fingerprint density at radius 1 is 1.03 bits per heavy atom. The molecule has 3 rings (SSSR count). The van der Waals surface area contributed by atoms with Crippen LogP contribution in [-0.2, 0) is 31.6 Å². The smallest absolute Gasteiger partial charge is 0.387 e. The van der Waals surface area contributed by atoms with Gasteiger partial charge in [0.25, 0.3) is 0 Å². The van der Waals surface area contributed by atoms with Crippen LogP contribution in [0.5, 0.6) is 0 Å². The van der Waals surface area contributed by atoms with E-state index in [0.717, 1.165) is 6.33 Å². The number of nitrogens with two attached hydrogens (primary N) is 1. The third-order valence-electron chi connectivity index (χ3n) is 3.82. The van der Waals surface area contributed by atoms with Crippen molar-refractivity contribution >= 4 is 40.4 Å². The molecule has 4 unspecified atom stereocenters. The average Bonchev–Trinajstić information content (AvgIpc) is 3.13. The van der Waals surface area contributed by atoms with E-state index in [2.05, 4.69) is 28.1 Å². The lowest BCUT2D eigenvalue weighted by atomic mass is 10.1. The van der Waals surface area contributed by atoms with E-state index in [-0.39, 0.29) is 17.0 Å². The summed E-state index contributed by atoms with van der Waals surface area (Å²) in [5.74, 6) is 0.0426. The number of imidazole rings is 1. The second-order valence-corrected chi connectivity index (χ2v) is 10.4. The molecule has 0 spiro atoms. The summed E-state index contributed by atoms with van der Waals surface area (Å²) in [6, 6.07) is 0. The van der Waals surface area contributed by atoms with Gasteiger partial charge in [0.05, 0.1) is 12.9 Å². The Kier molecular flexibility index (Phi) is 6.68. The van der Waals surface area contributed by atoms with Crippen LogP contribution in [0, 0.1) is 0 Å². The maximum Gasteiger partial charge on any atom is 0.490 e. The Morgan fingerprint density at radius 3 is 2.35 bits per heavy atom. The predicted molar refractivity (Wildman–Crippen MR) is 95.5 cm³/mol. The third kappa shape index (κ3) is 5.71. The Hall–Kier alpha value is -1.36.